The first-order valence-electron chi connectivity index (χ1n) is 15.4. The normalized spacial score (nSPS) is 16.1. The summed E-state index contributed by atoms with van der Waals surface area (Å²) in [5.41, 5.74) is 9.79. The monoisotopic (exact) mass is 626 g/mol. The van der Waals surface area contributed by atoms with Crippen LogP contribution in [0.25, 0.3) is 22.5 Å². The van der Waals surface area contributed by atoms with Gasteiger partial charge in [0.2, 0.25) is 0 Å². The molecule has 0 saturated heterocycles. The summed E-state index contributed by atoms with van der Waals surface area (Å²) in [5.74, 6) is 2.77. The minimum Gasteiger partial charge on any atom is -0.453 e. The Balaban J connectivity index is 1.29. The molecule has 1 aliphatic carbocycles. The van der Waals surface area contributed by atoms with Crippen LogP contribution in [0.3, 0.4) is 0 Å². The third-order valence-corrected chi connectivity index (χ3v) is 9.61. The number of anilines is 3. The molecule has 0 radical (unpaired) electrons. The van der Waals surface area contributed by atoms with Crippen molar-refractivity contribution in [2.45, 2.75) is 5.41 Å². The summed E-state index contributed by atoms with van der Waals surface area (Å²) < 4.78 is 13.8. The molecule has 10 rings (SSSR count). The molecule has 1 unspecified atom stereocenters. The van der Waals surface area contributed by atoms with E-state index in [1.165, 1.54) is 0 Å². The van der Waals surface area contributed by atoms with E-state index in [-0.39, 0.29) is 0 Å². The van der Waals surface area contributed by atoms with Gasteiger partial charge in [0.25, 0.3) is 0 Å². The van der Waals surface area contributed by atoms with Gasteiger partial charge in [0, 0.05) is 35.3 Å². The van der Waals surface area contributed by atoms with Crippen molar-refractivity contribution >= 4 is 28.7 Å². The Morgan fingerprint density at radius 1 is 0.532 bits per heavy atom. The number of ether oxygens (including phenoxy) is 2. The topological polar surface area (TPSA) is 60.4 Å². The molecular weight excluding hydrogens is 604 g/mol. The molecule has 5 heterocycles. The largest absolute Gasteiger partial charge is 0.453 e. The summed E-state index contributed by atoms with van der Waals surface area (Å²) in [6, 6.07) is 41.2. The zero-order chi connectivity index (χ0) is 31.1. The number of para-hydroxylation sites is 4. The van der Waals surface area contributed by atoms with Crippen LogP contribution in [0.15, 0.2) is 140 Å². The van der Waals surface area contributed by atoms with Crippen LogP contribution in [0, 0.1) is 0 Å². The quantitative estimate of drug-likeness (QED) is 0.178. The van der Waals surface area contributed by atoms with Gasteiger partial charge in [0.15, 0.2) is 17.2 Å². The lowest BCUT2D eigenvalue weighted by atomic mass is 9.66. The van der Waals surface area contributed by atoms with Gasteiger partial charge in [0.05, 0.1) is 33.9 Å². The van der Waals surface area contributed by atoms with Crippen molar-refractivity contribution in [2.75, 3.05) is 4.90 Å². The molecule has 7 aromatic rings. The van der Waals surface area contributed by atoms with Gasteiger partial charge < -0.3 is 14.4 Å². The lowest BCUT2D eigenvalue weighted by Gasteiger charge is -2.41. The van der Waals surface area contributed by atoms with Crippen LogP contribution in [-0.4, -0.2) is 15.0 Å². The second kappa shape index (κ2) is 9.76. The summed E-state index contributed by atoms with van der Waals surface area (Å²) in [4.78, 5) is 16.2. The average molecular weight is 627 g/mol. The highest BCUT2D eigenvalue weighted by Crippen LogP contribution is 2.65. The van der Waals surface area contributed by atoms with E-state index in [9.17, 15) is 0 Å². The van der Waals surface area contributed by atoms with Crippen LogP contribution in [0.5, 0.6) is 23.0 Å². The molecular formula is C40H23ClN4O2. The molecule has 0 fully saturated rings. The SMILES string of the molecule is Clc1ccc2c(n1)-c1ncccc1C21c2ccccc2Oc2c1ccc1c2Oc2ccccc2N1c1ccccc1-c1ccncc1. The predicted molar refractivity (Wildman–Crippen MR) is 182 cm³/mol. The number of pyridine rings is 3. The van der Waals surface area contributed by atoms with Crippen molar-refractivity contribution in [3.8, 4) is 45.5 Å². The minimum atomic E-state index is -0.754. The van der Waals surface area contributed by atoms with E-state index in [2.05, 4.69) is 76.6 Å². The van der Waals surface area contributed by atoms with Crippen LogP contribution in [0.2, 0.25) is 5.15 Å². The lowest BCUT2D eigenvalue weighted by molar-refractivity contribution is 0.391. The van der Waals surface area contributed by atoms with Gasteiger partial charge in [-0.15, -0.1) is 0 Å². The fraction of sp³-hybridized carbons (Fsp3) is 0.0250. The van der Waals surface area contributed by atoms with Crippen molar-refractivity contribution in [3.63, 3.8) is 0 Å². The van der Waals surface area contributed by atoms with Crippen molar-refractivity contribution in [2.24, 2.45) is 0 Å². The van der Waals surface area contributed by atoms with Crippen molar-refractivity contribution in [1.29, 1.82) is 0 Å². The molecule has 1 atom stereocenters. The second-order valence-corrected chi connectivity index (χ2v) is 12.1. The van der Waals surface area contributed by atoms with Gasteiger partial charge in [-0.3, -0.25) is 9.97 Å². The van der Waals surface area contributed by atoms with E-state index >= 15 is 0 Å². The van der Waals surface area contributed by atoms with E-state index in [0.29, 0.717) is 16.7 Å². The first-order valence-corrected chi connectivity index (χ1v) is 15.8. The number of hydrogen-bond donors (Lipinski definition) is 0. The molecule has 0 amide bonds. The van der Waals surface area contributed by atoms with E-state index in [0.717, 1.165) is 73.3 Å². The van der Waals surface area contributed by atoms with E-state index < -0.39 is 5.41 Å². The van der Waals surface area contributed by atoms with Crippen LogP contribution >= 0.6 is 11.6 Å². The standard InChI is InChI=1S/C40H23ClN4O2/c41-35-18-16-28-37(44-35)36-27(10-7-21-43-36)40(28)26-9-2-5-13-33(26)46-38-29(40)15-17-32-39(38)47-34-14-6-4-12-31(34)45(32)30-11-3-1-8-25(30)24-19-22-42-23-20-24/h1-23H. The first kappa shape index (κ1) is 26.3. The summed E-state index contributed by atoms with van der Waals surface area (Å²) in [6.45, 7) is 0. The number of aromatic nitrogens is 3. The van der Waals surface area contributed by atoms with Crippen molar-refractivity contribution in [3.05, 3.63) is 167 Å². The predicted octanol–water partition coefficient (Wildman–Crippen LogP) is 10.2. The molecule has 47 heavy (non-hydrogen) atoms. The number of fused-ring (bicyclic) bond motifs is 12. The number of benzene rings is 4. The molecule has 0 bridgehead atoms. The van der Waals surface area contributed by atoms with E-state index in [1.807, 2.05) is 67.0 Å². The molecule has 1 spiro atoms. The Bertz CT molecular complexity index is 2410. The highest BCUT2D eigenvalue weighted by atomic mass is 35.5. The molecule has 7 heteroatoms. The maximum atomic E-state index is 6.90. The number of hydrogen-bond acceptors (Lipinski definition) is 6. The number of nitrogens with zero attached hydrogens (tertiary/aromatic N) is 4. The van der Waals surface area contributed by atoms with Crippen LogP contribution in [0.1, 0.15) is 22.3 Å². The van der Waals surface area contributed by atoms with Crippen molar-refractivity contribution in [1.82, 2.24) is 15.0 Å². The van der Waals surface area contributed by atoms with Gasteiger partial charge in [-0.2, -0.15) is 0 Å². The fourth-order valence-electron chi connectivity index (χ4n) is 7.56. The van der Waals surface area contributed by atoms with Gasteiger partial charge in [-0.1, -0.05) is 78.3 Å². The molecule has 0 N–H and O–H groups in total. The van der Waals surface area contributed by atoms with E-state index in [1.54, 1.807) is 6.20 Å². The van der Waals surface area contributed by atoms with Gasteiger partial charge in [-0.25, -0.2) is 4.98 Å². The molecule has 4 aromatic carbocycles. The Kier molecular flexibility index (Phi) is 5.45. The van der Waals surface area contributed by atoms with Gasteiger partial charge >= 0.3 is 0 Å². The maximum Gasteiger partial charge on any atom is 0.194 e. The minimum absolute atomic E-state index is 0.423. The second-order valence-electron chi connectivity index (χ2n) is 11.7. The first-order chi connectivity index (χ1) is 23.2. The fourth-order valence-corrected chi connectivity index (χ4v) is 7.70. The van der Waals surface area contributed by atoms with E-state index in [4.69, 9.17) is 31.0 Å². The number of rotatable bonds is 2. The zero-order valence-corrected chi connectivity index (χ0v) is 25.5. The molecule has 6 nitrogen and oxygen atoms in total. The zero-order valence-electron chi connectivity index (χ0n) is 24.8. The molecule has 3 aliphatic rings. The molecule has 222 valence electrons. The van der Waals surface area contributed by atoms with Crippen LogP contribution in [0.4, 0.5) is 17.1 Å². The number of halogens is 1. The summed E-state index contributed by atoms with van der Waals surface area (Å²) in [5, 5.41) is 0.423. The Morgan fingerprint density at radius 3 is 2.13 bits per heavy atom. The highest BCUT2D eigenvalue weighted by Gasteiger charge is 2.53. The smallest absolute Gasteiger partial charge is 0.194 e. The summed E-state index contributed by atoms with van der Waals surface area (Å²) in [7, 11) is 0. The molecule has 2 aliphatic heterocycles. The maximum absolute atomic E-state index is 6.90. The Hall–Kier alpha value is -5.98. The summed E-state index contributed by atoms with van der Waals surface area (Å²) >= 11 is 6.50. The molecule has 0 saturated carbocycles. The van der Waals surface area contributed by atoms with Gasteiger partial charge in [-0.05, 0) is 71.3 Å². The third kappa shape index (κ3) is 3.53. The Labute approximate surface area is 275 Å². The van der Waals surface area contributed by atoms with Crippen LogP contribution < -0.4 is 14.4 Å². The third-order valence-electron chi connectivity index (χ3n) is 9.40. The average Bonchev–Trinajstić information content (AvgIpc) is 3.41. The highest BCUT2D eigenvalue weighted by molar-refractivity contribution is 6.29. The molecule has 3 aromatic heterocycles. The van der Waals surface area contributed by atoms with Gasteiger partial charge in [0.1, 0.15) is 10.9 Å². The lowest BCUT2D eigenvalue weighted by Crippen LogP contribution is -2.33. The summed E-state index contributed by atoms with van der Waals surface area (Å²) in [6.07, 6.45) is 5.45. The van der Waals surface area contributed by atoms with Crippen molar-refractivity contribution < 1.29 is 9.47 Å². The van der Waals surface area contributed by atoms with Crippen LogP contribution in [-0.2, 0) is 5.41 Å². The Morgan fingerprint density at radius 2 is 1.23 bits per heavy atom.